The number of esters is 1. The first kappa shape index (κ1) is 20.0. The number of benzene rings is 3. The number of carbonyl (C=O) groups excluding carboxylic acids is 2. The molecule has 1 aliphatic carbocycles. The SMILES string of the molecule is COC(=O)[C@H]1[C@]2(c3ccccc3)[C@@H]3CCCN3[C@@]3(C(=O)Nc4ccccc43)[C@]12c1ccccc1. The Morgan fingerprint density at radius 1 is 0.941 bits per heavy atom. The molecule has 1 N–H and O–H groups in total. The van der Waals surface area contributed by atoms with Crippen LogP contribution in [0.3, 0.4) is 0 Å². The van der Waals surface area contributed by atoms with Gasteiger partial charge in [0.1, 0.15) is 5.54 Å². The highest BCUT2D eigenvalue weighted by molar-refractivity contribution is 6.11. The lowest BCUT2D eigenvalue weighted by molar-refractivity contribution is -0.145. The van der Waals surface area contributed by atoms with Crippen LogP contribution >= 0.6 is 0 Å². The molecule has 1 saturated carbocycles. The minimum atomic E-state index is -0.985. The van der Waals surface area contributed by atoms with Gasteiger partial charge in [-0.2, -0.15) is 0 Å². The number of carbonyl (C=O) groups is 2. The van der Waals surface area contributed by atoms with Crippen molar-refractivity contribution in [2.24, 2.45) is 5.92 Å². The largest absolute Gasteiger partial charge is 0.469 e. The lowest BCUT2D eigenvalue weighted by Crippen LogP contribution is -2.57. The maximum Gasteiger partial charge on any atom is 0.310 e. The monoisotopic (exact) mass is 450 g/mol. The first-order chi connectivity index (χ1) is 16.7. The number of para-hydroxylation sites is 1. The zero-order chi connectivity index (χ0) is 23.1. The molecule has 3 aromatic carbocycles. The average molecular weight is 451 g/mol. The van der Waals surface area contributed by atoms with E-state index in [1.807, 2.05) is 54.6 Å². The molecular weight excluding hydrogens is 424 g/mol. The Kier molecular flexibility index (Phi) is 3.86. The Morgan fingerprint density at radius 3 is 2.29 bits per heavy atom. The van der Waals surface area contributed by atoms with Crippen molar-refractivity contribution >= 4 is 17.6 Å². The Labute approximate surface area is 198 Å². The summed E-state index contributed by atoms with van der Waals surface area (Å²) in [5.74, 6) is -0.740. The fraction of sp³-hybridized carbons (Fsp3) is 0.310. The van der Waals surface area contributed by atoms with Crippen LogP contribution in [0.25, 0.3) is 0 Å². The zero-order valence-electron chi connectivity index (χ0n) is 19.0. The van der Waals surface area contributed by atoms with Crippen LogP contribution in [0.15, 0.2) is 84.9 Å². The summed E-state index contributed by atoms with van der Waals surface area (Å²) in [6.45, 7) is 0.823. The second kappa shape index (κ2) is 6.57. The van der Waals surface area contributed by atoms with Gasteiger partial charge in [0.2, 0.25) is 0 Å². The van der Waals surface area contributed by atoms with Gasteiger partial charge in [0.15, 0.2) is 0 Å². The Balaban J connectivity index is 1.66. The maximum atomic E-state index is 14.3. The molecule has 0 aromatic heterocycles. The van der Waals surface area contributed by atoms with E-state index in [1.54, 1.807) is 0 Å². The van der Waals surface area contributed by atoms with Gasteiger partial charge < -0.3 is 10.1 Å². The molecule has 34 heavy (non-hydrogen) atoms. The average Bonchev–Trinajstić information content (AvgIpc) is 3.14. The highest BCUT2D eigenvalue weighted by Crippen LogP contribution is 2.86. The van der Waals surface area contributed by atoms with E-state index >= 15 is 0 Å². The molecular formula is C29H26N2O3. The molecule has 3 fully saturated rings. The number of nitrogens with zero attached hydrogens (tertiary/aromatic N) is 1. The van der Waals surface area contributed by atoms with Crippen molar-refractivity contribution in [3.63, 3.8) is 0 Å². The third kappa shape index (κ3) is 1.88. The lowest BCUT2D eigenvalue weighted by atomic mass is 9.67. The minimum Gasteiger partial charge on any atom is -0.469 e. The van der Waals surface area contributed by atoms with Gasteiger partial charge >= 0.3 is 5.97 Å². The number of methoxy groups -OCH3 is 1. The van der Waals surface area contributed by atoms with E-state index in [-0.39, 0.29) is 17.9 Å². The summed E-state index contributed by atoms with van der Waals surface area (Å²) in [6.07, 6.45) is 1.93. The van der Waals surface area contributed by atoms with Crippen LogP contribution in [0.5, 0.6) is 0 Å². The van der Waals surface area contributed by atoms with Crippen LogP contribution in [0.4, 0.5) is 5.69 Å². The van der Waals surface area contributed by atoms with E-state index in [0.717, 1.165) is 41.8 Å². The smallest absolute Gasteiger partial charge is 0.310 e. The van der Waals surface area contributed by atoms with Gasteiger partial charge in [-0.15, -0.1) is 0 Å². The topological polar surface area (TPSA) is 58.6 Å². The molecule has 2 saturated heterocycles. The van der Waals surface area contributed by atoms with Crippen LogP contribution in [-0.2, 0) is 30.7 Å². The van der Waals surface area contributed by atoms with Gasteiger partial charge in [-0.1, -0.05) is 78.9 Å². The summed E-state index contributed by atoms with van der Waals surface area (Å²) in [4.78, 5) is 30.5. The van der Waals surface area contributed by atoms with Crippen molar-refractivity contribution in [2.45, 2.75) is 35.3 Å². The molecule has 0 unspecified atom stereocenters. The highest BCUT2D eigenvalue weighted by Gasteiger charge is 2.97. The molecule has 0 bridgehead atoms. The zero-order valence-corrected chi connectivity index (χ0v) is 19.0. The second-order valence-corrected chi connectivity index (χ2v) is 9.93. The molecule has 170 valence electrons. The number of hydrogen-bond donors (Lipinski definition) is 1. The first-order valence-corrected chi connectivity index (χ1v) is 12.0. The van der Waals surface area contributed by atoms with Gasteiger partial charge in [-0.25, -0.2) is 0 Å². The minimum absolute atomic E-state index is 0.0336. The van der Waals surface area contributed by atoms with Crippen LogP contribution in [0, 0.1) is 5.92 Å². The van der Waals surface area contributed by atoms with Crippen LogP contribution in [-0.4, -0.2) is 36.5 Å². The molecule has 0 radical (unpaired) electrons. The molecule has 5 heteroatoms. The molecule has 1 amide bonds. The van der Waals surface area contributed by atoms with Crippen molar-refractivity contribution in [1.29, 1.82) is 0 Å². The number of ether oxygens (including phenoxy) is 1. The van der Waals surface area contributed by atoms with Gasteiger partial charge in [-0.3, -0.25) is 14.5 Å². The summed E-state index contributed by atoms with van der Waals surface area (Å²) in [5.41, 5.74) is 1.62. The first-order valence-electron chi connectivity index (χ1n) is 12.0. The van der Waals surface area contributed by atoms with Crippen LogP contribution < -0.4 is 5.32 Å². The van der Waals surface area contributed by atoms with Crippen LogP contribution in [0.2, 0.25) is 0 Å². The van der Waals surface area contributed by atoms with E-state index in [1.165, 1.54) is 7.11 Å². The van der Waals surface area contributed by atoms with Gasteiger partial charge in [0, 0.05) is 22.7 Å². The van der Waals surface area contributed by atoms with E-state index in [9.17, 15) is 9.59 Å². The fourth-order valence-electron chi connectivity index (χ4n) is 8.34. The lowest BCUT2D eigenvalue weighted by Gasteiger charge is -2.42. The summed E-state index contributed by atoms with van der Waals surface area (Å²) in [7, 11) is 1.47. The molecule has 7 rings (SSSR count). The molecule has 1 spiro atoms. The second-order valence-electron chi connectivity index (χ2n) is 9.93. The molecule has 4 aliphatic rings. The number of anilines is 1. The molecule has 5 nitrogen and oxygen atoms in total. The number of amides is 1. The maximum absolute atomic E-state index is 14.3. The predicted molar refractivity (Wildman–Crippen MR) is 128 cm³/mol. The number of rotatable bonds is 3. The number of fused-ring (bicyclic) bond motifs is 7. The quantitative estimate of drug-likeness (QED) is 0.613. The van der Waals surface area contributed by atoms with Crippen molar-refractivity contribution in [1.82, 2.24) is 4.90 Å². The molecule has 5 atom stereocenters. The standard InChI is InChI=1S/C29H26N2O3/c1-34-25(32)24-27(19-11-4-2-5-12-19)23-17-10-18-31(23)29(28(24,27)20-13-6-3-7-14-20)21-15-8-9-16-22(21)30-26(29)33/h2-9,11-16,23-24H,10,17-18H2,1H3,(H,30,33)/t23-,24-,27-,28+,29-/m0/s1. The van der Waals surface area contributed by atoms with Crippen molar-refractivity contribution in [3.8, 4) is 0 Å². The summed E-state index contributed by atoms with van der Waals surface area (Å²) in [6, 6.07) is 28.6. The Morgan fingerprint density at radius 2 is 1.59 bits per heavy atom. The van der Waals surface area contributed by atoms with E-state index in [2.05, 4.69) is 40.5 Å². The number of nitrogens with one attached hydrogen (secondary N) is 1. The normalized spacial score (nSPS) is 34.9. The molecule has 3 aliphatic heterocycles. The van der Waals surface area contributed by atoms with Crippen molar-refractivity contribution in [2.75, 3.05) is 19.0 Å². The summed E-state index contributed by atoms with van der Waals surface area (Å²) >= 11 is 0. The number of hydrogen-bond acceptors (Lipinski definition) is 4. The predicted octanol–water partition coefficient (Wildman–Crippen LogP) is 3.99. The van der Waals surface area contributed by atoms with E-state index in [0.29, 0.717) is 0 Å². The Bertz CT molecular complexity index is 1330. The van der Waals surface area contributed by atoms with E-state index in [4.69, 9.17) is 4.74 Å². The summed E-state index contributed by atoms with van der Waals surface area (Å²) < 4.78 is 5.49. The highest BCUT2D eigenvalue weighted by atomic mass is 16.5. The van der Waals surface area contributed by atoms with Crippen molar-refractivity contribution in [3.05, 3.63) is 102 Å². The summed E-state index contributed by atoms with van der Waals surface area (Å²) in [5, 5.41) is 3.21. The number of piperidine rings is 1. The Hall–Kier alpha value is -3.44. The van der Waals surface area contributed by atoms with Gasteiger partial charge in [0.05, 0.1) is 18.4 Å². The van der Waals surface area contributed by atoms with Crippen molar-refractivity contribution < 1.29 is 14.3 Å². The van der Waals surface area contributed by atoms with E-state index < -0.39 is 22.3 Å². The molecule has 3 heterocycles. The third-order valence-electron chi connectivity index (χ3n) is 9.05. The molecule has 3 aromatic rings. The van der Waals surface area contributed by atoms with Crippen LogP contribution in [0.1, 0.15) is 29.5 Å². The third-order valence-corrected chi connectivity index (χ3v) is 9.05. The van der Waals surface area contributed by atoms with Gasteiger partial charge in [-0.05, 0) is 36.6 Å². The fourth-order valence-corrected chi connectivity index (χ4v) is 8.34. The van der Waals surface area contributed by atoms with Gasteiger partial charge in [0.25, 0.3) is 5.91 Å².